The summed E-state index contributed by atoms with van der Waals surface area (Å²) in [6, 6.07) is 6.32. The van der Waals surface area contributed by atoms with E-state index in [0.29, 0.717) is 0 Å². The molecule has 0 amide bonds. The van der Waals surface area contributed by atoms with Crippen molar-refractivity contribution >= 4 is 21.6 Å². The van der Waals surface area contributed by atoms with Gasteiger partial charge in [-0.05, 0) is 40.9 Å². The zero-order chi connectivity index (χ0) is 11.5. The number of nitrogens with zero attached hydrogens (tertiary/aromatic N) is 1. The first-order chi connectivity index (χ1) is 7.70. The van der Waals surface area contributed by atoms with Crippen LogP contribution in [0.5, 0.6) is 5.75 Å². The molecule has 1 unspecified atom stereocenters. The molecular formula is C12H17BrN2O. The van der Waals surface area contributed by atoms with E-state index in [-0.39, 0.29) is 6.04 Å². The van der Waals surface area contributed by atoms with Crippen molar-refractivity contribution in [3.63, 3.8) is 0 Å². The Labute approximate surface area is 105 Å². The van der Waals surface area contributed by atoms with Gasteiger partial charge in [-0.2, -0.15) is 0 Å². The zero-order valence-corrected chi connectivity index (χ0v) is 11.0. The van der Waals surface area contributed by atoms with E-state index in [1.165, 1.54) is 5.69 Å². The van der Waals surface area contributed by atoms with Gasteiger partial charge in [0.1, 0.15) is 5.75 Å². The second-order valence-corrected chi connectivity index (χ2v) is 5.02. The first-order valence-electron chi connectivity index (χ1n) is 5.55. The molecule has 0 spiro atoms. The van der Waals surface area contributed by atoms with E-state index in [2.05, 4.69) is 26.9 Å². The average Bonchev–Trinajstić information content (AvgIpc) is 2.30. The third kappa shape index (κ3) is 2.50. The predicted octanol–water partition coefficient (Wildman–Crippen LogP) is 2.39. The Kier molecular flexibility index (Phi) is 3.71. The molecule has 88 valence electrons. The van der Waals surface area contributed by atoms with Gasteiger partial charge in [0.05, 0.1) is 12.8 Å². The molecule has 4 heteroatoms. The van der Waals surface area contributed by atoms with E-state index in [0.717, 1.165) is 36.2 Å². The maximum atomic E-state index is 5.99. The van der Waals surface area contributed by atoms with Crippen molar-refractivity contribution in [3.8, 4) is 5.75 Å². The summed E-state index contributed by atoms with van der Waals surface area (Å²) in [7, 11) is 1.69. The van der Waals surface area contributed by atoms with Crippen LogP contribution in [0.25, 0.3) is 0 Å². The summed E-state index contributed by atoms with van der Waals surface area (Å²) < 4.78 is 6.35. The van der Waals surface area contributed by atoms with Gasteiger partial charge in [-0.3, -0.25) is 0 Å². The first-order valence-corrected chi connectivity index (χ1v) is 6.34. The third-order valence-corrected chi connectivity index (χ3v) is 3.62. The molecule has 1 fully saturated rings. The number of hydrogen-bond donors (Lipinski definition) is 1. The van der Waals surface area contributed by atoms with Gasteiger partial charge >= 0.3 is 0 Å². The highest BCUT2D eigenvalue weighted by Crippen LogP contribution is 2.31. The SMILES string of the molecule is COc1ccc(Br)c(N2CCCC(N)C2)c1. The quantitative estimate of drug-likeness (QED) is 0.906. The van der Waals surface area contributed by atoms with E-state index >= 15 is 0 Å². The minimum absolute atomic E-state index is 0.284. The monoisotopic (exact) mass is 284 g/mol. The van der Waals surface area contributed by atoms with Crippen LogP contribution in [0, 0.1) is 0 Å². The van der Waals surface area contributed by atoms with Crippen LogP contribution in [0.3, 0.4) is 0 Å². The molecule has 1 saturated heterocycles. The van der Waals surface area contributed by atoms with Crippen LogP contribution in [-0.4, -0.2) is 26.2 Å². The van der Waals surface area contributed by atoms with Crippen molar-refractivity contribution in [1.82, 2.24) is 0 Å². The summed E-state index contributed by atoms with van der Waals surface area (Å²) in [4.78, 5) is 2.32. The van der Waals surface area contributed by atoms with Gasteiger partial charge in [0.2, 0.25) is 0 Å². The fourth-order valence-electron chi connectivity index (χ4n) is 2.09. The van der Waals surface area contributed by atoms with Crippen LogP contribution in [0.1, 0.15) is 12.8 Å². The summed E-state index contributed by atoms with van der Waals surface area (Å²) >= 11 is 3.58. The number of methoxy groups -OCH3 is 1. The van der Waals surface area contributed by atoms with Crippen LogP contribution in [0.2, 0.25) is 0 Å². The maximum absolute atomic E-state index is 5.99. The van der Waals surface area contributed by atoms with Gasteiger partial charge in [0, 0.05) is 29.7 Å². The standard InChI is InChI=1S/C12H17BrN2O/c1-16-10-4-5-11(13)12(7-10)15-6-2-3-9(14)8-15/h4-5,7,9H,2-3,6,8,14H2,1H3. The summed E-state index contributed by atoms with van der Waals surface area (Å²) in [5, 5.41) is 0. The number of benzene rings is 1. The van der Waals surface area contributed by atoms with Crippen LogP contribution in [-0.2, 0) is 0 Å². The van der Waals surface area contributed by atoms with Gasteiger partial charge < -0.3 is 15.4 Å². The largest absolute Gasteiger partial charge is 0.497 e. The molecule has 0 radical (unpaired) electrons. The van der Waals surface area contributed by atoms with Crippen molar-refractivity contribution in [1.29, 1.82) is 0 Å². The van der Waals surface area contributed by atoms with Crippen molar-refractivity contribution in [2.24, 2.45) is 5.73 Å². The molecule has 0 aliphatic carbocycles. The molecule has 2 N–H and O–H groups in total. The molecule has 2 rings (SSSR count). The minimum atomic E-state index is 0.284. The van der Waals surface area contributed by atoms with Gasteiger partial charge in [-0.25, -0.2) is 0 Å². The predicted molar refractivity (Wildman–Crippen MR) is 70.1 cm³/mol. The zero-order valence-electron chi connectivity index (χ0n) is 9.45. The smallest absolute Gasteiger partial charge is 0.121 e. The highest BCUT2D eigenvalue weighted by molar-refractivity contribution is 9.10. The van der Waals surface area contributed by atoms with Crippen LogP contribution < -0.4 is 15.4 Å². The topological polar surface area (TPSA) is 38.5 Å². The Morgan fingerprint density at radius 1 is 1.50 bits per heavy atom. The lowest BCUT2D eigenvalue weighted by Crippen LogP contribution is -2.42. The normalized spacial score (nSPS) is 20.9. The highest BCUT2D eigenvalue weighted by atomic mass is 79.9. The van der Waals surface area contributed by atoms with Crippen molar-refractivity contribution < 1.29 is 4.74 Å². The second kappa shape index (κ2) is 5.06. The molecule has 1 aromatic carbocycles. The first kappa shape index (κ1) is 11.7. The van der Waals surface area contributed by atoms with Crippen LogP contribution in [0.15, 0.2) is 22.7 Å². The van der Waals surface area contributed by atoms with Crippen LogP contribution >= 0.6 is 15.9 Å². The summed E-state index contributed by atoms with van der Waals surface area (Å²) in [5.41, 5.74) is 7.17. The summed E-state index contributed by atoms with van der Waals surface area (Å²) in [6.07, 6.45) is 2.28. The molecule has 3 nitrogen and oxygen atoms in total. The van der Waals surface area contributed by atoms with E-state index in [9.17, 15) is 0 Å². The summed E-state index contributed by atoms with van der Waals surface area (Å²) in [5.74, 6) is 0.886. The Balaban J connectivity index is 2.24. The number of nitrogens with two attached hydrogens (primary N) is 1. The molecule has 0 aromatic heterocycles. The van der Waals surface area contributed by atoms with Gasteiger partial charge in [-0.1, -0.05) is 0 Å². The lowest BCUT2D eigenvalue weighted by atomic mass is 10.1. The summed E-state index contributed by atoms with van der Waals surface area (Å²) in [6.45, 7) is 1.99. The fourth-order valence-corrected chi connectivity index (χ4v) is 2.59. The van der Waals surface area contributed by atoms with Crippen molar-refractivity contribution in [2.75, 3.05) is 25.1 Å². The molecule has 1 heterocycles. The molecule has 1 aliphatic rings. The maximum Gasteiger partial charge on any atom is 0.121 e. The van der Waals surface area contributed by atoms with Gasteiger partial charge in [0.15, 0.2) is 0 Å². The van der Waals surface area contributed by atoms with Crippen molar-refractivity contribution in [2.45, 2.75) is 18.9 Å². The van der Waals surface area contributed by atoms with Crippen LogP contribution in [0.4, 0.5) is 5.69 Å². The number of rotatable bonds is 2. The third-order valence-electron chi connectivity index (χ3n) is 2.95. The van der Waals surface area contributed by atoms with E-state index in [1.807, 2.05) is 12.1 Å². The minimum Gasteiger partial charge on any atom is -0.497 e. The number of anilines is 1. The van der Waals surface area contributed by atoms with Crippen molar-refractivity contribution in [3.05, 3.63) is 22.7 Å². The molecule has 1 aromatic rings. The van der Waals surface area contributed by atoms with Gasteiger partial charge in [-0.15, -0.1) is 0 Å². The lowest BCUT2D eigenvalue weighted by molar-refractivity contribution is 0.414. The Hall–Kier alpha value is -0.740. The molecule has 0 bridgehead atoms. The molecular weight excluding hydrogens is 268 g/mol. The number of halogens is 1. The average molecular weight is 285 g/mol. The van der Waals surface area contributed by atoms with Gasteiger partial charge in [0.25, 0.3) is 0 Å². The second-order valence-electron chi connectivity index (χ2n) is 4.17. The Morgan fingerprint density at radius 2 is 2.31 bits per heavy atom. The van der Waals surface area contributed by atoms with E-state index in [1.54, 1.807) is 7.11 Å². The Bertz CT molecular complexity index is 370. The lowest BCUT2D eigenvalue weighted by Gasteiger charge is -2.33. The molecule has 0 saturated carbocycles. The Morgan fingerprint density at radius 3 is 3.00 bits per heavy atom. The highest BCUT2D eigenvalue weighted by Gasteiger charge is 2.19. The number of ether oxygens (including phenoxy) is 1. The number of hydrogen-bond acceptors (Lipinski definition) is 3. The number of piperidine rings is 1. The molecule has 1 atom stereocenters. The molecule has 1 aliphatic heterocycles. The molecule has 16 heavy (non-hydrogen) atoms. The fraction of sp³-hybridized carbons (Fsp3) is 0.500. The van der Waals surface area contributed by atoms with E-state index < -0.39 is 0 Å². The van der Waals surface area contributed by atoms with E-state index in [4.69, 9.17) is 10.5 Å².